The summed E-state index contributed by atoms with van der Waals surface area (Å²) < 4.78 is 0. The predicted molar refractivity (Wildman–Crippen MR) is 115 cm³/mol. The van der Waals surface area contributed by atoms with Crippen LogP contribution in [-0.4, -0.2) is 6.17 Å². The van der Waals surface area contributed by atoms with Crippen molar-refractivity contribution < 1.29 is 0 Å². The minimum atomic E-state index is 0.150. The van der Waals surface area contributed by atoms with Gasteiger partial charge in [0.2, 0.25) is 0 Å². The maximum atomic E-state index is 4.01. The number of hydrogen-bond donors (Lipinski definition) is 1. The fourth-order valence-electron chi connectivity index (χ4n) is 6.00. The van der Waals surface area contributed by atoms with Crippen LogP contribution in [0.3, 0.4) is 0 Å². The molecule has 0 aromatic heterocycles. The fraction of sp³-hybridized carbons (Fsp3) is 0.440. The second-order valence-corrected chi connectivity index (χ2v) is 8.40. The molecule has 1 aliphatic carbocycles. The second-order valence-electron chi connectivity index (χ2n) is 8.40. The zero-order valence-corrected chi connectivity index (χ0v) is 16.8. The molecule has 2 nitrogen and oxygen atoms in total. The first kappa shape index (κ1) is 16.9. The lowest BCUT2D eigenvalue weighted by Crippen LogP contribution is -2.64. The number of unbranched alkanes of at least 4 members (excludes halogenated alkanes) is 1. The molecular formula is C25H30N2. The summed E-state index contributed by atoms with van der Waals surface area (Å²) in [6, 6.07) is 16.0. The van der Waals surface area contributed by atoms with E-state index in [4.69, 9.17) is 0 Å². The van der Waals surface area contributed by atoms with Crippen LogP contribution in [0, 0.1) is 5.41 Å². The van der Waals surface area contributed by atoms with Crippen molar-refractivity contribution in [3.05, 3.63) is 65.7 Å². The first-order valence-electron chi connectivity index (χ1n) is 10.7. The molecule has 0 spiro atoms. The van der Waals surface area contributed by atoms with E-state index in [0.29, 0.717) is 6.17 Å². The van der Waals surface area contributed by atoms with Gasteiger partial charge in [-0.3, -0.25) is 0 Å². The Hall–Kier alpha value is -2.22. The third-order valence-corrected chi connectivity index (χ3v) is 7.50. The van der Waals surface area contributed by atoms with E-state index in [2.05, 4.69) is 85.6 Å². The van der Waals surface area contributed by atoms with Gasteiger partial charge in [-0.2, -0.15) is 0 Å². The minimum absolute atomic E-state index is 0.150. The van der Waals surface area contributed by atoms with E-state index in [1.165, 1.54) is 41.0 Å². The highest BCUT2D eigenvalue weighted by atomic mass is 15.4. The van der Waals surface area contributed by atoms with Crippen LogP contribution < -0.4 is 10.2 Å². The second kappa shape index (κ2) is 5.89. The van der Waals surface area contributed by atoms with Gasteiger partial charge >= 0.3 is 0 Å². The van der Waals surface area contributed by atoms with Crippen molar-refractivity contribution in [2.45, 2.75) is 64.5 Å². The number of anilines is 3. The average Bonchev–Trinajstić information content (AvgIpc) is 3.07. The maximum Gasteiger partial charge on any atom is 0.114 e. The van der Waals surface area contributed by atoms with Gasteiger partial charge in [0.05, 0.1) is 11.4 Å². The molecule has 3 atom stereocenters. The van der Waals surface area contributed by atoms with E-state index in [1.807, 2.05) is 0 Å². The summed E-state index contributed by atoms with van der Waals surface area (Å²) >= 11 is 0. The van der Waals surface area contributed by atoms with Crippen LogP contribution in [0.4, 0.5) is 17.1 Å². The fourth-order valence-corrected chi connectivity index (χ4v) is 6.00. The third kappa shape index (κ3) is 1.91. The molecule has 2 heteroatoms. The van der Waals surface area contributed by atoms with Crippen LogP contribution in [0.15, 0.2) is 54.6 Å². The topological polar surface area (TPSA) is 15.3 Å². The molecule has 0 radical (unpaired) electrons. The molecule has 2 aromatic carbocycles. The van der Waals surface area contributed by atoms with Crippen molar-refractivity contribution in [1.82, 2.24) is 0 Å². The van der Waals surface area contributed by atoms with Crippen LogP contribution in [0.5, 0.6) is 0 Å². The lowest BCUT2D eigenvalue weighted by atomic mass is 9.47. The Kier molecular flexibility index (Phi) is 3.69. The number of benzene rings is 2. The molecule has 27 heavy (non-hydrogen) atoms. The number of nitrogens with zero attached hydrogens (tertiary/aromatic N) is 1. The first-order chi connectivity index (χ1) is 13.2. The number of fused-ring (bicyclic) bond motifs is 8. The molecule has 0 bridgehead atoms. The van der Waals surface area contributed by atoms with Crippen LogP contribution in [0.2, 0.25) is 0 Å². The molecule has 1 N–H and O–H groups in total. The summed E-state index contributed by atoms with van der Waals surface area (Å²) in [6.07, 6.45) is 11.2. The summed E-state index contributed by atoms with van der Waals surface area (Å²) in [5.74, 6) is 0. The first-order valence-corrected chi connectivity index (χ1v) is 10.7. The summed E-state index contributed by atoms with van der Waals surface area (Å²) in [6.45, 7) is 6.99. The smallest absolute Gasteiger partial charge is 0.114 e. The Labute approximate surface area is 163 Å². The molecular weight excluding hydrogens is 328 g/mol. The highest BCUT2D eigenvalue weighted by Crippen LogP contribution is 2.67. The molecule has 0 amide bonds. The van der Waals surface area contributed by atoms with Crippen molar-refractivity contribution in [3.8, 4) is 0 Å². The summed E-state index contributed by atoms with van der Waals surface area (Å²) in [5.41, 5.74) is 7.39. The minimum Gasteiger partial charge on any atom is -0.362 e. The number of rotatable bonds is 5. The Morgan fingerprint density at radius 3 is 2.44 bits per heavy atom. The number of hydrogen-bond acceptors (Lipinski definition) is 2. The van der Waals surface area contributed by atoms with Gasteiger partial charge in [-0.05, 0) is 48.9 Å². The molecule has 2 aliphatic heterocycles. The van der Waals surface area contributed by atoms with Gasteiger partial charge in [0.15, 0.2) is 0 Å². The molecule has 0 saturated heterocycles. The van der Waals surface area contributed by atoms with Crippen molar-refractivity contribution >= 4 is 17.1 Å². The quantitative estimate of drug-likeness (QED) is 0.610. The summed E-state index contributed by atoms with van der Waals surface area (Å²) in [7, 11) is 0. The van der Waals surface area contributed by atoms with E-state index in [9.17, 15) is 0 Å². The normalized spacial score (nSPS) is 29.3. The lowest BCUT2D eigenvalue weighted by Gasteiger charge is -2.62. The molecule has 2 aromatic rings. The molecule has 0 fully saturated rings. The van der Waals surface area contributed by atoms with Gasteiger partial charge < -0.3 is 10.2 Å². The summed E-state index contributed by atoms with van der Waals surface area (Å²) in [4.78, 5) is 2.60. The van der Waals surface area contributed by atoms with Crippen molar-refractivity contribution in [2.24, 2.45) is 5.41 Å². The highest BCUT2D eigenvalue weighted by molar-refractivity contribution is 5.89. The average molecular weight is 359 g/mol. The number of para-hydroxylation sites is 2. The van der Waals surface area contributed by atoms with Crippen LogP contribution in [-0.2, 0) is 11.8 Å². The highest BCUT2D eigenvalue weighted by Gasteiger charge is 2.64. The Morgan fingerprint density at radius 2 is 1.74 bits per heavy atom. The standard InChI is InChI=1S/C25H30N2/c1-4-7-11-18-12-10-15-21-22(18)26-23-25(6-3)17-16-24(25,5-2)19-13-8-9-14-20(19)27(21)23/h8-10,12-17,23,26H,4-7,11H2,1-3H3. The van der Waals surface area contributed by atoms with Gasteiger partial charge in [-0.25, -0.2) is 0 Å². The summed E-state index contributed by atoms with van der Waals surface area (Å²) in [5, 5.41) is 4.01. The lowest BCUT2D eigenvalue weighted by molar-refractivity contribution is 0.132. The van der Waals surface area contributed by atoms with Crippen LogP contribution >= 0.6 is 0 Å². The van der Waals surface area contributed by atoms with Crippen LogP contribution in [0.25, 0.3) is 0 Å². The Balaban J connectivity index is 1.72. The largest absolute Gasteiger partial charge is 0.362 e. The number of nitrogens with one attached hydrogen (secondary N) is 1. The zero-order chi connectivity index (χ0) is 18.6. The van der Waals surface area contributed by atoms with Gasteiger partial charge in [0.1, 0.15) is 6.17 Å². The predicted octanol–water partition coefficient (Wildman–Crippen LogP) is 6.55. The molecule has 5 rings (SSSR count). The SMILES string of the molecule is CCCCc1cccc2c1NC1N2c2ccccc2C2(CC)C=CC12CC. The van der Waals surface area contributed by atoms with E-state index >= 15 is 0 Å². The molecule has 3 aliphatic rings. The van der Waals surface area contributed by atoms with E-state index < -0.39 is 0 Å². The van der Waals surface area contributed by atoms with Crippen LogP contribution in [0.1, 0.15) is 57.6 Å². The molecule has 3 unspecified atom stereocenters. The van der Waals surface area contributed by atoms with E-state index in [-0.39, 0.29) is 10.8 Å². The van der Waals surface area contributed by atoms with Gasteiger partial charge in [0, 0.05) is 16.5 Å². The monoisotopic (exact) mass is 358 g/mol. The maximum absolute atomic E-state index is 4.01. The Bertz CT molecular complexity index is 914. The van der Waals surface area contributed by atoms with Gasteiger partial charge in [-0.15, -0.1) is 0 Å². The molecule has 0 saturated carbocycles. The number of aryl methyl sites for hydroxylation is 1. The molecule has 140 valence electrons. The van der Waals surface area contributed by atoms with Gasteiger partial charge in [-0.1, -0.05) is 69.7 Å². The van der Waals surface area contributed by atoms with E-state index in [0.717, 1.165) is 19.3 Å². The van der Waals surface area contributed by atoms with Crippen molar-refractivity contribution in [1.29, 1.82) is 0 Å². The van der Waals surface area contributed by atoms with Crippen molar-refractivity contribution in [2.75, 3.05) is 10.2 Å². The molecule has 2 heterocycles. The number of allylic oxidation sites excluding steroid dienone is 1. The Morgan fingerprint density at radius 1 is 0.926 bits per heavy atom. The zero-order valence-electron chi connectivity index (χ0n) is 16.8. The van der Waals surface area contributed by atoms with E-state index in [1.54, 1.807) is 0 Å². The van der Waals surface area contributed by atoms with Gasteiger partial charge in [0.25, 0.3) is 0 Å². The van der Waals surface area contributed by atoms with Crippen molar-refractivity contribution in [3.63, 3.8) is 0 Å². The third-order valence-electron chi connectivity index (χ3n) is 7.50.